The van der Waals surface area contributed by atoms with E-state index in [4.69, 9.17) is 5.73 Å². The van der Waals surface area contributed by atoms with Gasteiger partial charge in [0.15, 0.2) is 0 Å². The maximum atomic E-state index is 5.98. The van der Waals surface area contributed by atoms with Crippen molar-refractivity contribution in [3.63, 3.8) is 0 Å². The first-order valence-corrected chi connectivity index (χ1v) is 9.92. The molecule has 0 spiro atoms. The maximum Gasteiger partial charge on any atom is 0.0912 e. The molecular formula is C20H36N5+. The van der Waals surface area contributed by atoms with Gasteiger partial charge in [0.1, 0.15) is 0 Å². The van der Waals surface area contributed by atoms with Crippen molar-refractivity contribution < 1.29 is 4.48 Å². The molecule has 5 heteroatoms. The molecule has 2 aliphatic rings. The molecule has 3 rings (SSSR count). The summed E-state index contributed by atoms with van der Waals surface area (Å²) in [6.07, 6.45) is 3.68. The zero-order chi connectivity index (χ0) is 17.7. The van der Waals surface area contributed by atoms with Crippen molar-refractivity contribution in [1.82, 2.24) is 10.2 Å². The molecule has 1 aromatic rings. The highest BCUT2D eigenvalue weighted by molar-refractivity contribution is 5.62. The molecule has 0 atom stereocenters. The normalized spacial score (nSPS) is 20.5. The van der Waals surface area contributed by atoms with Crippen molar-refractivity contribution >= 4 is 11.4 Å². The first kappa shape index (κ1) is 18.5. The molecule has 140 valence electrons. The van der Waals surface area contributed by atoms with E-state index in [0.717, 1.165) is 31.9 Å². The zero-order valence-corrected chi connectivity index (χ0v) is 16.1. The first-order chi connectivity index (χ1) is 12.0. The Labute approximate surface area is 153 Å². The number of aryl methyl sites for hydroxylation is 1. The van der Waals surface area contributed by atoms with Crippen molar-refractivity contribution in [2.24, 2.45) is 0 Å². The number of rotatable bonds is 7. The summed E-state index contributed by atoms with van der Waals surface area (Å²) in [5, 5.41) is 3.63. The number of nitrogen functional groups attached to an aromatic ring is 1. The summed E-state index contributed by atoms with van der Waals surface area (Å²) >= 11 is 0. The standard InChI is InChI=1S/C20H36N5/c1-25(2)15-13-23(14-16-25)10-4-8-22-9-12-24-11-3-5-18-6-7-19(21)17-20(18)24/h6-7,17,22H,3-5,8-16,21H2,1-2H3/q+1. The van der Waals surface area contributed by atoms with Crippen LogP contribution in [-0.4, -0.2) is 82.4 Å². The molecule has 2 heterocycles. The Bertz CT molecular complexity index is 547. The van der Waals surface area contributed by atoms with Crippen molar-refractivity contribution in [2.45, 2.75) is 19.3 Å². The molecule has 1 fully saturated rings. The molecule has 0 amide bonds. The van der Waals surface area contributed by atoms with Gasteiger partial charge in [-0.15, -0.1) is 0 Å². The van der Waals surface area contributed by atoms with Gasteiger partial charge in [0, 0.05) is 44.1 Å². The summed E-state index contributed by atoms with van der Waals surface area (Å²) in [6, 6.07) is 6.37. The summed E-state index contributed by atoms with van der Waals surface area (Å²) in [4.78, 5) is 5.11. The van der Waals surface area contributed by atoms with Gasteiger partial charge in [0.25, 0.3) is 0 Å². The average Bonchev–Trinajstić information content (AvgIpc) is 2.59. The lowest BCUT2D eigenvalue weighted by molar-refractivity contribution is -0.894. The summed E-state index contributed by atoms with van der Waals surface area (Å²) < 4.78 is 1.18. The Morgan fingerprint density at radius 1 is 1.08 bits per heavy atom. The second-order valence-corrected chi connectivity index (χ2v) is 8.31. The second-order valence-electron chi connectivity index (χ2n) is 8.31. The number of quaternary nitrogens is 1. The van der Waals surface area contributed by atoms with Crippen LogP contribution in [0.1, 0.15) is 18.4 Å². The van der Waals surface area contributed by atoms with Crippen molar-refractivity contribution in [1.29, 1.82) is 0 Å². The third-order valence-corrected chi connectivity index (χ3v) is 5.75. The number of anilines is 2. The highest BCUT2D eigenvalue weighted by Gasteiger charge is 2.23. The minimum Gasteiger partial charge on any atom is -0.399 e. The lowest BCUT2D eigenvalue weighted by Crippen LogP contribution is -2.54. The first-order valence-electron chi connectivity index (χ1n) is 9.92. The fourth-order valence-electron chi connectivity index (χ4n) is 3.94. The number of nitrogens with one attached hydrogen (secondary N) is 1. The quantitative estimate of drug-likeness (QED) is 0.445. The largest absolute Gasteiger partial charge is 0.399 e. The molecule has 5 nitrogen and oxygen atoms in total. The average molecular weight is 347 g/mol. The van der Waals surface area contributed by atoms with Crippen LogP contribution in [0.4, 0.5) is 11.4 Å². The van der Waals surface area contributed by atoms with E-state index in [0.29, 0.717) is 0 Å². The number of hydrogen-bond donors (Lipinski definition) is 2. The van der Waals surface area contributed by atoms with E-state index < -0.39 is 0 Å². The van der Waals surface area contributed by atoms with Crippen molar-refractivity contribution in [2.75, 3.05) is 83.6 Å². The molecule has 3 N–H and O–H groups in total. The Balaban J connectivity index is 1.32. The minimum absolute atomic E-state index is 0.877. The van der Waals surface area contributed by atoms with E-state index in [2.05, 4.69) is 41.3 Å². The van der Waals surface area contributed by atoms with Crippen LogP contribution >= 0.6 is 0 Å². The number of piperazine rings is 1. The van der Waals surface area contributed by atoms with Crippen molar-refractivity contribution in [3.05, 3.63) is 23.8 Å². The minimum atomic E-state index is 0.877. The van der Waals surface area contributed by atoms with Crippen LogP contribution in [0.5, 0.6) is 0 Å². The summed E-state index contributed by atoms with van der Waals surface area (Å²) in [5.74, 6) is 0. The fourth-order valence-corrected chi connectivity index (χ4v) is 3.94. The fraction of sp³-hybridized carbons (Fsp3) is 0.700. The van der Waals surface area contributed by atoms with E-state index >= 15 is 0 Å². The Kier molecular flexibility index (Phi) is 6.20. The lowest BCUT2D eigenvalue weighted by atomic mass is 10.0. The molecular weight excluding hydrogens is 310 g/mol. The molecule has 1 aromatic carbocycles. The summed E-state index contributed by atoms with van der Waals surface area (Å²) in [6.45, 7) is 10.7. The third kappa shape index (κ3) is 5.33. The third-order valence-electron chi connectivity index (χ3n) is 5.75. The monoisotopic (exact) mass is 346 g/mol. The van der Waals surface area contributed by atoms with E-state index in [1.165, 1.54) is 67.7 Å². The van der Waals surface area contributed by atoms with Gasteiger partial charge in [-0.2, -0.15) is 0 Å². The highest BCUT2D eigenvalue weighted by atomic mass is 15.4. The van der Waals surface area contributed by atoms with Gasteiger partial charge < -0.3 is 20.4 Å². The maximum absolute atomic E-state index is 5.98. The summed E-state index contributed by atoms with van der Waals surface area (Å²) in [7, 11) is 4.68. The topological polar surface area (TPSA) is 44.5 Å². The van der Waals surface area contributed by atoms with E-state index in [-0.39, 0.29) is 0 Å². The van der Waals surface area contributed by atoms with Gasteiger partial charge in [0.05, 0.1) is 27.2 Å². The SMILES string of the molecule is C[N+]1(C)CCN(CCCNCCN2CCCc3ccc(N)cc32)CC1. The molecule has 2 aliphatic heterocycles. The number of fused-ring (bicyclic) bond motifs is 1. The van der Waals surface area contributed by atoms with Crippen LogP contribution < -0.4 is 16.0 Å². The van der Waals surface area contributed by atoms with Crippen LogP contribution in [-0.2, 0) is 6.42 Å². The van der Waals surface area contributed by atoms with Crippen LogP contribution in [0.15, 0.2) is 18.2 Å². The van der Waals surface area contributed by atoms with Gasteiger partial charge in [-0.3, -0.25) is 4.90 Å². The van der Waals surface area contributed by atoms with Crippen LogP contribution in [0.25, 0.3) is 0 Å². The zero-order valence-electron chi connectivity index (χ0n) is 16.1. The number of likely N-dealkylation sites (N-methyl/N-ethyl adjacent to an activating group) is 1. The van der Waals surface area contributed by atoms with Crippen LogP contribution in [0.2, 0.25) is 0 Å². The van der Waals surface area contributed by atoms with E-state index in [1.54, 1.807) is 0 Å². The number of nitrogens with zero attached hydrogens (tertiary/aromatic N) is 3. The molecule has 25 heavy (non-hydrogen) atoms. The lowest BCUT2D eigenvalue weighted by Gasteiger charge is -2.39. The molecule has 0 radical (unpaired) electrons. The van der Waals surface area contributed by atoms with Gasteiger partial charge in [-0.1, -0.05) is 6.07 Å². The molecule has 0 saturated carbocycles. The molecule has 0 aliphatic carbocycles. The van der Waals surface area contributed by atoms with Crippen molar-refractivity contribution in [3.8, 4) is 0 Å². The predicted octanol–water partition coefficient (Wildman–Crippen LogP) is 1.39. The van der Waals surface area contributed by atoms with Gasteiger partial charge in [-0.05, 0) is 50.0 Å². The van der Waals surface area contributed by atoms with Gasteiger partial charge in [0.2, 0.25) is 0 Å². The number of nitrogens with two attached hydrogens (primary N) is 1. The highest BCUT2D eigenvalue weighted by Crippen LogP contribution is 2.28. The number of hydrogen-bond acceptors (Lipinski definition) is 4. The van der Waals surface area contributed by atoms with E-state index in [1.807, 2.05) is 6.07 Å². The smallest absolute Gasteiger partial charge is 0.0912 e. The Morgan fingerprint density at radius 3 is 2.68 bits per heavy atom. The molecule has 0 aromatic heterocycles. The molecule has 0 bridgehead atoms. The van der Waals surface area contributed by atoms with Crippen LogP contribution in [0, 0.1) is 0 Å². The second kappa shape index (κ2) is 8.39. The van der Waals surface area contributed by atoms with Gasteiger partial charge in [-0.25, -0.2) is 0 Å². The van der Waals surface area contributed by atoms with Gasteiger partial charge >= 0.3 is 0 Å². The van der Waals surface area contributed by atoms with E-state index in [9.17, 15) is 0 Å². The molecule has 0 unspecified atom stereocenters. The summed E-state index contributed by atoms with van der Waals surface area (Å²) in [5.41, 5.74) is 9.65. The Morgan fingerprint density at radius 2 is 1.88 bits per heavy atom. The number of benzene rings is 1. The Hall–Kier alpha value is -1.30. The molecule has 1 saturated heterocycles. The predicted molar refractivity (Wildman–Crippen MR) is 107 cm³/mol. The van der Waals surface area contributed by atoms with Crippen LogP contribution in [0.3, 0.4) is 0 Å².